The Hall–Kier alpha value is -1.36. The molecule has 1 heterocycles. The first kappa shape index (κ1) is 14.6. The molecule has 0 aliphatic heterocycles. The Labute approximate surface area is 129 Å². The van der Waals surface area contributed by atoms with E-state index in [-0.39, 0.29) is 11.6 Å². The number of benzene rings is 1. The number of ether oxygens (including phenoxy) is 1. The first-order valence-corrected chi connectivity index (χ1v) is 8.04. The maximum atomic E-state index is 13.9. The van der Waals surface area contributed by atoms with E-state index >= 15 is 0 Å². The summed E-state index contributed by atoms with van der Waals surface area (Å²) in [5.41, 5.74) is 1.70. The van der Waals surface area contributed by atoms with Crippen molar-refractivity contribution >= 4 is 23.3 Å². The second-order valence-electron chi connectivity index (χ2n) is 5.82. The predicted octanol–water partition coefficient (Wildman–Crippen LogP) is 4.99. The van der Waals surface area contributed by atoms with E-state index in [0.717, 1.165) is 23.9 Å². The molecular weight excluding hydrogens is 287 g/mol. The van der Waals surface area contributed by atoms with Crippen molar-refractivity contribution in [1.29, 1.82) is 0 Å². The number of halogens is 1. The van der Waals surface area contributed by atoms with Gasteiger partial charge in [-0.3, -0.25) is 0 Å². The summed E-state index contributed by atoms with van der Waals surface area (Å²) in [7, 11) is 1.49. The lowest BCUT2D eigenvalue weighted by molar-refractivity contribution is 0.235. The molecule has 2 aromatic rings. The molecule has 3 nitrogen and oxygen atoms in total. The van der Waals surface area contributed by atoms with Crippen LogP contribution in [0.5, 0.6) is 5.75 Å². The average Bonchev–Trinajstić information content (AvgIpc) is 2.80. The van der Waals surface area contributed by atoms with Crippen molar-refractivity contribution in [2.75, 3.05) is 7.11 Å². The number of hydrogen-bond donors (Lipinski definition) is 1. The lowest BCUT2D eigenvalue weighted by atomic mass is 9.82. The number of nitrogens with one attached hydrogen (secondary N) is 1. The van der Waals surface area contributed by atoms with Gasteiger partial charge in [-0.05, 0) is 31.0 Å². The fraction of sp³-hybridized carbons (Fsp3) is 0.562. The van der Waals surface area contributed by atoms with Gasteiger partial charge >= 0.3 is 0 Å². The minimum atomic E-state index is -0.357. The first-order valence-electron chi connectivity index (χ1n) is 7.63. The summed E-state index contributed by atoms with van der Waals surface area (Å²) in [6, 6.07) is 3.64. The summed E-state index contributed by atoms with van der Waals surface area (Å²) in [6.45, 7) is 2.24. The Balaban J connectivity index is 2.17. The third-order valence-corrected chi connectivity index (χ3v) is 5.01. The van der Waals surface area contributed by atoms with Gasteiger partial charge in [0.05, 0.1) is 18.1 Å². The van der Waals surface area contributed by atoms with Crippen LogP contribution in [0, 0.1) is 16.5 Å². The van der Waals surface area contributed by atoms with Crippen LogP contribution in [0.25, 0.3) is 11.0 Å². The van der Waals surface area contributed by atoms with Crippen molar-refractivity contribution in [3.05, 3.63) is 22.7 Å². The number of nitrogens with zero attached hydrogens (tertiary/aromatic N) is 1. The minimum Gasteiger partial charge on any atom is -0.494 e. The first-order chi connectivity index (χ1) is 10.2. The van der Waals surface area contributed by atoms with Gasteiger partial charge < -0.3 is 14.3 Å². The van der Waals surface area contributed by atoms with Gasteiger partial charge in [-0.25, -0.2) is 4.39 Å². The predicted molar refractivity (Wildman–Crippen MR) is 84.9 cm³/mol. The molecule has 0 radical (unpaired) electrons. The van der Waals surface area contributed by atoms with Crippen molar-refractivity contribution < 1.29 is 9.13 Å². The maximum Gasteiger partial charge on any atom is 0.178 e. The van der Waals surface area contributed by atoms with Crippen molar-refractivity contribution in [2.24, 2.45) is 5.92 Å². The molecule has 5 heteroatoms. The number of H-pyrrole nitrogens is 1. The summed E-state index contributed by atoms with van der Waals surface area (Å²) < 4.78 is 21.8. The number of methoxy groups -OCH3 is 1. The van der Waals surface area contributed by atoms with Crippen LogP contribution in [0.4, 0.5) is 4.39 Å². The van der Waals surface area contributed by atoms with E-state index in [4.69, 9.17) is 17.0 Å². The number of hydrogen-bond acceptors (Lipinski definition) is 2. The molecular formula is C16H21FN2OS. The third kappa shape index (κ3) is 2.48. The molecule has 1 aromatic carbocycles. The minimum absolute atomic E-state index is 0.272. The zero-order chi connectivity index (χ0) is 15.0. The summed E-state index contributed by atoms with van der Waals surface area (Å²) >= 11 is 5.50. The molecule has 0 bridgehead atoms. The van der Waals surface area contributed by atoms with Crippen molar-refractivity contribution in [3.63, 3.8) is 0 Å². The van der Waals surface area contributed by atoms with Gasteiger partial charge in [-0.1, -0.05) is 26.2 Å². The highest BCUT2D eigenvalue weighted by Gasteiger charge is 2.27. The zero-order valence-electron chi connectivity index (χ0n) is 12.5. The highest BCUT2D eigenvalue weighted by atomic mass is 32.1. The summed E-state index contributed by atoms with van der Waals surface area (Å²) in [4.78, 5) is 3.14. The molecule has 0 amide bonds. The molecule has 1 saturated carbocycles. The number of rotatable bonds is 3. The second kappa shape index (κ2) is 5.79. The maximum absolute atomic E-state index is 13.9. The average molecular weight is 308 g/mol. The van der Waals surface area contributed by atoms with Gasteiger partial charge in [-0.2, -0.15) is 0 Å². The number of aromatic amines is 1. The van der Waals surface area contributed by atoms with E-state index in [9.17, 15) is 4.39 Å². The Morgan fingerprint density at radius 3 is 2.86 bits per heavy atom. The molecule has 1 aliphatic carbocycles. The zero-order valence-corrected chi connectivity index (χ0v) is 13.3. The van der Waals surface area contributed by atoms with E-state index in [2.05, 4.69) is 16.5 Å². The van der Waals surface area contributed by atoms with Crippen molar-refractivity contribution in [3.8, 4) is 5.75 Å². The fourth-order valence-corrected chi connectivity index (χ4v) is 3.96. The molecule has 0 spiro atoms. The van der Waals surface area contributed by atoms with Gasteiger partial charge in [0.1, 0.15) is 0 Å². The Morgan fingerprint density at radius 2 is 2.14 bits per heavy atom. The van der Waals surface area contributed by atoms with Gasteiger partial charge in [0.25, 0.3) is 0 Å². The lowest BCUT2D eigenvalue weighted by Gasteiger charge is -2.32. The summed E-state index contributed by atoms with van der Waals surface area (Å²) in [5.74, 6) is 0.554. The van der Waals surface area contributed by atoms with Crippen LogP contribution in [-0.2, 0) is 0 Å². The van der Waals surface area contributed by atoms with Gasteiger partial charge in [0, 0.05) is 18.2 Å². The van der Waals surface area contributed by atoms with Crippen LogP contribution in [0.3, 0.4) is 0 Å². The molecule has 3 rings (SSSR count). The van der Waals surface area contributed by atoms with E-state index in [1.807, 2.05) is 0 Å². The third-order valence-electron chi connectivity index (χ3n) is 4.72. The Bertz CT molecular complexity index is 706. The van der Waals surface area contributed by atoms with Crippen LogP contribution in [0.15, 0.2) is 12.1 Å². The highest BCUT2D eigenvalue weighted by molar-refractivity contribution is 7.71. The van der Waals surface area contributed by atoms with Gasteiger partial charge in [-0.15, -0.1) is 0 Å². The number of aromatic nitrogens is 2. The quantitative estimate of drug-likeness (QED) is 0.810. The van der Waals surface area contributed by atoms with Crippen LogP contribution in [0.1, 0.15) is 45.1 Å². The van der Waals surface area contributed by atoms with E-state index in [0.29, 0.717) is 16.7 Å². The second-order valence-corrected chi connectivity index (χ2v) is 6.21. The molecule has 21 heavy (non-hydrogen) atoms. The molecule has 2 unspecified atom stereocenters. The summed E-state index contributed by atoms with van der Waals surface area (Å²) in [6.07, 6.45) is 6.06. The molecule has 1 aromatic heterocycles. The van der Waals surface area contributed by atoms with Crippen LogP contribution < -0.4 is 4.74 Å². The largest absolute Gasteiger partial charge is 0.494 e. The molecule has 1 N–H and O–H groups in total. The van der Waals surface area contributed by atoms with Crippen molar-refractivity contribution in [2.45, 2.75) is 45.1 Å². The van der Waals surface area contributed by atoms with Crippen LogP contribution >= 0.6 is 12.2 Å². The Kier molecular flexibility index (Phi) is 4.02. The molecule has 2 atom stereocenters. The highest BCUT2D eigenvalue weighted by Crippen LogP contribution is 2.38. The normalized spacial score (nSPS) is 22.6. The number of imidazole rings is 1. The lowest BCUT2D eigenvalue weighted by Crippen LogP contribution is -2.22. The molecule has 1 fully saturated rings. The topological polar surface area (TPSA) is 29.9 Å². The monoisotopic (exact) mass is 308 g/mol. The summed E-state index contributed by atoms with van der Waals surface area (Å²) in [5, 5.41) is 0. The Morgan fingerprint density at radius 1 is 1.38 bits per heavy atom. The smallest absolute Gasteiger partial charge is 0.178 e. The fourth-order valence-electron chi connectivity index (χ4n) is 3.62. The standard InChI is InChI=1S/C16H21FN2OS/c1-3-10-6-4-5-7-13(10)19-14-9-15(20-2)11(17)8-12(14)18-16(19)21/h8-10,13H,3-7H2,1-2H3,(H,18,21). The van der Waals surface area contributed by atoms with Gasteiger partial charge in [0.15, 0.2) is 16.3 Å². The van der Waals surface area contributed by atoms with Gasteiger partial charge in [0.2, 0.25) is 0 Å². The van der Waals surface area contributed by atoms with E-state index in [1.165, 1.54) is 32.4 Å². The van der Waals surface area contributed by atoms with E-state index < -0.39 is 0 Å². The van der Waals surface area contributed by atoms with Crippen LogP contribution in [0.2, 0.25) is 0 Å². The van der Waals surface area contributed by atoms with Crippen LogP contribution in [-0.4, -0.2) is 16.7 Å². The number of fused-ring (bicyclic) bond motifs is 1. The molecule has 114 valence electrons. The molecule has 1 aliphatic rings. The van der Waals surface area contributed by atoms with Crippen molar-refractivity contribution in [1.82, 2.24) is 9.55 Å². The molecule has 0 saturated heterocycles. The SMILES string of the molecule is CCC1CCCCC1n1c(=S)[nH]c2cc(F)c(OC)cc21. The van der Waals surface area contributed by atoms with E-state index in [1.54, 1.807) is 6.07 Å².